The Morgan fingerprint density at radius 1 is 1.20 bits per heavy atom. The van der Waals surface area contributed by atoms with E-state index in [2.05, 4.69) is 27.6 Å². The van der Waals surface area contributed by atoms with E-state index in [-0.39, 0.29) is 23.8 Å². The number of carbonyl (C=O) groups is 2. The van der Waals surface area contributed by atoms with E-state index in [1.54, 1.807) is 50.4 Å². The molecule has 1 N–H and O–H groups in total. The van der Waals surface area contributed by atoms with Crippen LogP contribution in [0.2, 0.25) is 0 Å². The van der Waals surface area contributed by atoms with Crippen LogP contribution in [-0.4, -0.2) is 45.6 Å². The van der Waals surface area contributed by atoms with Gasteiger partial charge in [0, 0.05) is 19.2 Å². The van der Waals surface area contributed by atoms with E-state index < -0.39 is 10.9 Å². The van der Waals surface area contributed by atoms with Gasteiger partial charge in [-0.25, -0.2) is 9.79 Å². The van der Waals surface area contributed by atoms with Gasteiger partial charge in [-0.2, -0.15) is 0 Å². The lowest BCUT2D eigenvalue weighted by molar-refractivity contribution is -0.384. The van der Waals surface area contributed by atoms with Crippen LogP contribution in [-0.2, 0) is 11.4 Å². The quantitative estimate of drug-likeness (QED) is 0.119. The summed E-state index contributed by atoms with van der Waals surface area (Å²) in [5.41, 5.74) is 2.65. The van der Waals surface area contributed by atoms with Gasteiger partial charge in [0.2, 0.25) is 0 Å². The van der Waals surface area contributed by atoms with E-state index in [1.165, 1.54) is 34.9 Å². The zero-order chi connectivity index (χ0) is 29.0. The first-order chi connectivity index (χ1) is 19.1. The van der Waals surface area contributed by atoms with Crippen LogP contribution < -0.4 is 9.47 Å². The maximum absolute atomic E-state index is 13.0. The number of thioether (sulfide) groups is 1. The fraction of sp³-hybridized carbons (Fsp3) is 0.179. The van der Waals surface area contributed by atoms with Crippen molar-refractivity contribution in [1.29, 1.82) is 0 Å². The summed E-state index contributed by atoms with van der Waals surface area (Å²) in [6, 6.07) is 14.6. The molecule has 3 aromatic carbocycles. The highest BCUT2D eigenvalue weighted by Gasteiger charge is 2.31. The number of amides is 1. The average Bonchev–Trinajstić information content (AvgIpc) is 3.17. The summed E-state index contributed by atoms with van der Waals surface area (Å²) >= 11 is 3.33. The average molecular weight is 673 g/mol. The number of amidine groups is 1. The van der Waals surface area contributed by atoms with Crippen molar-refractivity contribution in [3.8, 4) is 11.5 Å². The number of likely N-dealkylation sites (N-methyl/N-ethyl adjacent to an activating group) is 1. The van der Waals surface area contributed by atoms with Crippen molar-refractivity contribution in [2.24, 2.45) is 4.99 Å². The van der Waals surface area contributed by atoms with Crippen molar-refractivity contribution in [2.75, 3.05) is 13.7 Å². The zero-order valence-corrected chi connectivity index (χ0v) is 24.7. The third kappa shape index (κ3) is 6.45. The predicted octanol–water partition coefficient (Wildman–Crippen LogP) is 6.42. The Bertz CT molecular complexity index is 1550. The standard InChI is InChI=1S/C28H24IN3O7S/c1-4-38-23-13-18(12-21(29)25(23)39-15-17-8-10-19(11-9-17)32(36)37)14-24-26(33)31(3)28(40-24)30-22-7-5-6-20(16(22)2)27(34)35/h5-14H,4,15H2,1-3H3,(H,34,35)/b24-14-,30-28?. The first-order valence-electron chi connectivity index (χ1n) is 12.0. The number of carboxylic acid groups (broad SMARTS) is 1. The molecule has 1 fully saturated rings. The number of nitro groups is 1. The zero-order valence-electron chi connectivity index (χ0n) is 21.7. The molecule has 1 heterocycles. The van der Waals surface area contributed by atoms with Crippen LogP contribution >= 0.6 is 34.4 Å². The summed E-state index contributed by atoms with van der Waals surface area (Å²) in [5.74, 6) is -0.241. The number of carbonyl (C=O) groups excluding carboxylic acids is 1. The number of aliphatic imine (C=N–C) groups is 1. The number of nitro benzene ring substituents is 1. The molecule has 0 radical (unpaired) electrons. The highest BCUT2D eigenvalue weighted by Crippen LogP contribution is 2.38. The number of hydrogen-bond acceptors (Lipinski definition) is 8. The summed E-state index contributed by atoms with van der Waals surface area (Å²) < 4.78 is 12.6. The van der Waals surface area contributed by atoms with Gasteiger partial charge in [-0.15, -0.1) is 0 Å². The van der Waals surface area contributed by atoms with Crippen LogP contribution in [0.4, 0.5) is 11.4 Å². The van der Waals surface area contributed by atoms with Crippen LogP contribution in [0, 0.1) is 20.6 Å². The maximum Gasteiger partial charge on any atom is 0.336 e. The Labute approximate surface area is 248 Å². The first-order valence-corrected chi connectivity index (χ1v) is 13.9. The molecule has 0 aromatic heterocycles. The lowest BCUT2D eigenvalue weighted by atomic mass is 10.1. The fourth-order valence-electron chi connectivity index (χ4n) is 3.83. The van der Waals surface area contributed by atoms with E-state index in [4.69, 9.17) is 9.47 Å². The molecule has 0 atom stereocenters. The van der Waals surface area contributed by atoms with Crippen LogP contribution in [0.5, 0.6) is 11.5 Å². The normalized spacial score (nSPS) is 15.1. The first kappa shape index (κ1) is 29.1. The number of benzene rings is 3. The molecule has 1 aliphatic heterocycles. The van der Waals surface area contributed by atoms with Gasteiger partial charge in [-0.05, 0) is 107 Å². The van der Waals surface area contributed by atoms with Gasteiger partial charge >= 0.3 is 5.97 Å². The lowest BCUT2D eigenvalue weighted by Crippen LogP contribution is -2.23. The number of aromatic carboxylic acids is 1. The summed E-state index contributed by atoms with van der Waals surface area (Å²) in [4.78, 5) is 41.4. The van der Waals surface area contributed by atoms with E-state index in [0.29, 0.717) is 39.4 Å². The summed E-state index contributed by atoms with van der Waals surface area (Å²) in [6.45, 7) is 4.12. The lowest BCUT2D eigenvalue weighted by Gasteiger charge is -2.15. The van der Waals surface area contributed by atoms with Gasteiger partial charge in [-0.3, -0.25) is 19.8 Å². The van der Waals surface area contributed by atoms with E-state index in [1.807, 2.05) is 13.0 Å². The number of carboxylic acids is 1. The highest BCUT2D eigenvalue weighted by atomic mass is 127. The molecule has 0 aliphatic carbocycles. The Hall–Kier alpha value is -3.91. The molecule has 206 valence electrons. The van der Waals surface area contributed by atoms with E-state index in [0.717, 1.165) is 14.7 Å². The number of rotatable bonds is 9. The third-order valence-corrected chi connectivity index (χ3v) is 7.78. The van der Waals surface area contributed by atoms with Gasteiger partial charge in [-0.1, -0.05) is 6.07 Å². The van der Waals surface area contributed by atoms with Crippen molar-refractivity contribution in [3.63, 3.8) is 0 Å². The molecular weight excluding hydrogens is 649 g/mol. The molecule has 0 spiro atoms. The Morgan fingerprint density at radius 3 is 2.58 bits per heavy atom. The van der Waals surface area contributed by atoms with Gasteiger partial charge in [0.15, 0.2) is 16.7 Å². The number of non-ortho nitro benzene ring substituents is 1. The van der Waals surface area contributed by atoms with Crippen LogP contribution in [0.3, 0.4) is 0 Å². The molecule has 0 saturated carbocycles. The Kier molecular flexibility index (Phi) is 9.10. The van der Waals surface area contributed by atoms with Crippen molar-refractivity contribution < 1.29 is 29.1 Å². The number of hydrogen-bond donors (Lipinski definition) is 1. The van der Waals surface area contributed by atoms with Crippen LogP contribution in [0.1, 0.15) is 34.0 Å². The minimum absolute atomic E-state index is 0.00724. The van der Waals surface area contributed by atoms with E-state index >= 15 is 0 Å². The molecular formula is C28H24IN3O7S. The molecule has 0 bridgehead atoms. The molecule has 40 heavy (non-hydrogen) atoms. The van der Waals surface area contributed by atoms with Gasteiger partial charge in [0.25, 0.3) is 11.6 Å². The summed E-state index contributed by atoms with van der Waals surface area (Å²) in [7, 11) is 1.62. The number of nitrogens with zero attached hydrogens (tertiary/aromatic N) is 3. The van der Waals surface area contributed by atoms with Crippen molar-refractivity contribution in [3.05, 3.63) is 95.4 Å². The second kappa shape index (κ2) is 12.5. The smallest absolute Gasteiger partial charge is 0.336 e. The highest BCUT2D eigenvalue weighted by molar-refractivity contribution is 14.1. The molecule has 4 rings (SSSR count). The van der Waals surface area contributed by atoms with Crippen LogP contribution in [0.15, 0.2) is 64.5 Å². The molecule has 12 heteroatoms. The Morgan fingerprint density at radius 2 is 1.93 bits per heavy atom. The van der Waals surface area contributed by atoms with Crippen molar-refractivity contribution in [1.82, 2.24) is 4.90 Å². The van der Waals surface area contributed by atoms with E-state index in [9.17, 15) is 24.8 Å². The fourth-order valence-corrected chi connectivity index (χ4v) is 5.59. The second-order valence-electron chi connectivity index (χ2n) is 8.60. The summed E-state index contributed by atoms with van der Waals surface area (Å²) in [5, 5.41) is 20.7. The third-order valence-electron chi connectivity index (χ3n) is 5.92. The minimum atomic E-state index is -1.04. The summed E-state index contributed by atoms with van der Waals surface area (Å²) in [6.07, 6.45) is 1.75. The molecule has 3 aromatic rings. The number of ether oxygens (including phenoxy) is 2. The maximum atomic E-state index is 13.0. The monoisotopic (exact) mass is 673 g/mol. The molecule has 1 saturated heterocycles. The van der Waals surface area contributed by atoms with Gasteiger partial charge in [0.05, 0.1) is 31.3 Å². The second-order valence-corrected chi connectivity index (χ2v) is 10.8. The molecule has 1 aliphatic rings. The molecule has 10 nitrogen and oxygen atoms in total. The molecule has 0 unspecified atom stereocenters. The van der Waals surface area contributed by atoms with Crippen molar-refractivity contribution >= 4 is 68.8 Å². The van der Waals surface area contributed by atoms with Gasteiger partial charge in [0.1, 0.15) is 6.61 Å². The van der Waals surface area contributed by atoms with Crippen molar-refractivity contribution in [2.45, 2.75) is 20.5 Å². The molecule has 1 amide bonds. The minimum Gasteiger partial charge on any atom is -0.490 e. The van der Waals surface area contributed by atoms with Crippen LogP contribution in [0.25, 0.3) is 6.08 Å². The number of halogens is 1. The topological polar surface area (TPSA) is 132 Å². The SMILES string of the molecule is CCOc1cc(/C=C2\SC(=Nc3cccc(C(=O)O)c3C)N(C)C2=O)cc(I)c1OCc1ccc([N+](=O)[O-])cc1. The van der Waals surface area contributed by atoms with Gasteiger partial charge < -0.3 is 14.6 Å². The predicted molar refractivity (Wildman–Crippen MR) is 161 cm³/mol. The largest absolute Gasteiger partial charge is 0.490 e. The Balaban J connectivity index is 1.59.